The number of benzene rings is 1. The molecule has 0 aliphatic carbocycles. The highest BCUT2D eigenvalue weighted by Gasteiger charge is 2.40. The van der Waals surface area contributed by atoms with E-state index < -0.39 is 17.7 Å². The monoisotopic (exact) mass is 351 g/mol. The summed E-state index contributed by atoms with van der Waals surface area (Å²) >= 11 is 0. The first kappa shape index (κ1) is 17.7. The molecule has 2 saturated heterocycles. The number of carbonyl (C=O) groups is 2. The molecule has 0 saturated carbocycles. The molecule has 1 N–H and O–H groups in total. The van der Waals surface area contributed by atoms with Gasteiger partial charge < -0.3 is 19.5 Å². The van der Waals surface area contributed by atoms with Crippen molar-refractivity contribution in [3.63, 3.8) is 0 Å². The quantitative estimate of drug-likeness (QED) is 0.877. The van der Waals surface area contributed by atoms with Crippen LogP contribution in [0.1, 0.15) is 19.3 Å². The van der Waals surface area contributed by atoms with Gasteiger partial charge >= 0.3 is 5.97 Å². The third-order valence-electron chi connectivity index (χ3n) is 5.00. The summed E-state index contributed by atoms with van der Waals surface area (Å²) in [5.41, 5.74) is 0. The van der Waals surface area contributed by atoms with Crippen molar-refractivity contribution in [3.05, 3.63) is 30.1 Å². The first-order chi connectivity index (χ1) is 12.1. The fourth-order valence-corrected chi connectivity index (χ4v) is 3.61. The van der Waals surface area contributed by atoms with E-state index in [1.165, 1.54) is 12.1 Å². The molecule has 25 heavy (non-hydrogen) atoms. The van der Waals surface area contributed by atoms with Gasteiger partial charge in [0.2, 0.25) is 0 Å². The van der Waals surface area contributed by atoms with E-state index in [0.29, 0.717) is 39.0 Å². The van der Waals surface area contributed by atoms with Crippen molar-refractivity contribution < 1.29 is 28.6 Å². The Labute approximate surface area is 145 Å². The zero-order chi connectivity index (χ0) is 17.8. The second-order valence-corrected chi connectivity index (χ2v) is 6.51. The molecule has 2 aliphatic heterocycles. The van der Waals surface area contributed by atoms with Gasteiger partial charge in [0, 0.05) is 19.7 Å². The number of carboxylic acids is 1. The summed E-state index contributed by atoms with van der Waals surface area (Å²) in [5, 5.41) is 9.26. The van der Waals surface area contributed by atoms with Crippen LogP contribution in [0.15, 0.2) is 24.3 Å². The summed E-state index contributed by atoms with van der Waals surface area (Å²) in [6, 6.07) is 5.98. The number of carbonyl (C=O) groups excluding carboxylic acids is 1. The molecule has 3 rings (SSSR count). The molecule has 1 unspecified atom stereocenters. The number of carboxylic acid groups (broad SMARTS) is 1. The molecule has 2 fully saturated rings. The van der Waals surface area contributed by atoms with E-state index in [-0.39, 0.29) is 30.3 Å². The standard InChI is InChI=1S/C18H22FNO5/c19-14-3-1-2-4-15(14)25-11-16(21)20-8-5-12(6-9-20)17-13(18(22)23)7-10-24-17/h1-4,12-13,17H,5-11H2,(H,22,23)/t13?,17-/m0/s1. The third-order valence-corrected chi connectivity index (χ3v) is 5.00. The number of ether oxygens (including phenoxy) is 2. The average Bonchev–Trinajstić information content (AvgIpc) is 3.11. The molecule has 1 aromatic carbocycles. The van der Waals surface area contributed by atoms with Crippen LogP contribution in [0, 0.1) is 17.7 Å². The fraction of sp³-hybridized carbons (Fsp3) is 0.556. The van der Waals surface area contributed by atoms with E-state index in [0.717, 1.165) is 0 Å². The molecule has 0 aromatic heterocycles. The molecule has 0 radical (unpaired) electrons. The Hall–Kier alpha value is -2.15. The van der Waals surface area contributed by atoms with Crippen LogP contribution in [-0.4, -0.2) is 54.3 Å². The zero-order valence-electron chi connectivity index (χ0n) is 13.9. The predicted octanol–water partition coefficient (Wildman–Crippen LogP) is 1.93. The molecule has 0 spiro atoms. The second-order valence-electron chi connectivity index (χ2n) is 6.51. The molecule has 7 heteroatoms. The lowest BCUT2D eigenvalue weighted by Gasteiger charge is -2.35. The van der Waals surface area contributed by atoms with Gasteiger partial charge in [-0.05, 0) is 37.3 Å². The van der Waals surface area contributed by atoms with E-state index >= 15 is 0 Å². The Balaban J connectivity index is 1.48. The van der Waals surface area contributed by atoms with Gasteiger partial charge in [-0.15, -0.1) is 0 Å². The number of amides is 1. The van der Waals surface area contributed by atoms with Gasteiger partial charge in [0.1, 0.15) is 0 Å². The first-order valence-corrected chi connectivity index (χ1v) is 8.56. The number of nitrogens with zero attached hydrogens (tertiary/aromatic N) is 1. The highest BCUT2D eigenvalue weighted by atomic mass is 19.1. The summed E-state index contributed by atoms with van der Waals surface area (Å²) in [5.74, 6) is -1.72. The lowest BCUT2D eigenvalue weighted by atomic mass is 9.84. The fourth-order valence-electron chi connectivity index (χ4n) is 3.61. The smallest absolute Gasteiger partial charge is 0.309 e. The van der Waals surface area contributed by atoms with E-state index in [2.05, 4.69) is 0 Å². The van der Waals surface area contributed by atoms with Gasteiger partial charge in [0.25, 0.3) is 5.91 Å². The highest BCUT2D eigenvalue weighted by molar-refractivity contribution is 5.77. The molecular weight excluding hydrogens is 329 g/mol. The number of hydrogen-bond donors (Lipinski definition) is 1. The zero-order valence-corrected chi connectivity index (χ0v) is 13.9. The topological polar surface area (TPSA) is 76.1 Å². The Morgan fingerprint density at radius 1 is 1.24 bits per heavy atom. The molecule has 2 atom stereocenters. The van der Waals surface area contributed by atoms with Gasteiger partial charge in [-0.1, -0.05) is 12.1 Å². The molecular formula is C18H22FNO5. The maximum atomic E-state index is 13.5. The van der Waals surface area contributed by atoms with Crippen LogP contribution in [0.5, 0.6) is 5.75 Å². The van der Waals surface area contributed by atoms with Crippen molar-refractivity contribution in [2.45, 2.75) is 25.4 Å². The minimum Gasteiger partial charge on any atom is -0.481 e. The van der Waals surface area contributed by atoms with Crippen LogP contribution in [0.25, 0.3) is 0 Å². The second kappa shape index (κ2) is 7.82. The van der Waals surface area contributed by atoms with Crippen LogP contribution in [0.3, 0.4) is 0 Å². The molecule has 1 aromatic rings. The largest absolute Gasteiger partial charge is 0.481 e. The maximum absolute atomic E-state index is 13.5. The molecule has 2 heterocycles. The molecule has 1 amide bonds. The number of para-hydroxylation sites is 1. The lowest BCUT2D eigenvalue weighted by molar-refractivity contribution is -0.146. The molecule has 2 aliphatic rings. The van der Waals surface area contributed by atoms with E-state index in [9.17, 15) is 19.1 Å². The van der Waals surface area contributed by atoms with Gasteiger partial charge in [-0.3, -0.25) is 9.59 Å². The Kier molecular flexibility index (Phi) is 5.53. The number of rotatable bonds is 5. The molecule has 0 bridgehead atoms. The van der Waals surface area contributed by atoms with Crippen molar-refractivity contribution in [2.75, 3.05) is 26.3 Å². The Bertz CT molecular complexity index is 630. The van der Waals surface area contributed by atoms with Crippen molar-refractivity contribution in [1.82, 2.24) is 4.90 Å². The predicted molar refractivity (Wildman–Crippen MR) is 86.7 cm³/mol. The van der Waals surface area contributed by atoms with Gasteiger partial charge in [0.05, 0.1) is 12.0 Å². The van der Waals surface area contributed by atoms with Crippen molar-refractivity contribution >= 4 is 11.9 Å². The van der Waals surface area contributed by atoms with Crippen molar-refractivity contribution in [3.8, 4) is 5.75 Å². The van der Waals surface area contributed by atoms with E-state index in [1.54, 1.807) is 17.0 Å². The van der Waals surface area contributed by atoms with Crippen LogP contribution < -0.4 is 4.74 Å². The molecule has 6 nitrogen and oxygen atoms in total. The van der Waals surface area contributed by atoms with Crippen LogP contribution in [0.2, 0.25) is 0 Å². The maximum Gasteiger partial charge on any atom is 0.309 e. The Morgan fingerprint density at radius 2 is 1.96 bits per heavy atom. The lowest BCUT2D eigenvalue weighted by Crippen LogP contribution is -2.44. The van der Waals surface area contributed by atoms with Crippen LogP contribution >= 0.6 is 0 Å². The number of piperidine rings is 1. The summed E-state index contributed by atoms with van der Waals surface area (Å²) in [4.78, 5) is 25.2. The number of hydrogen-bond acceptors (Lipinski definition) is 4. The number of likely N-dealkylation sites (tertiary alicyclic amines) is 1. The number of aliphatic carboxylic acids is 1. The third kappa shape index (κ3) is 4.10. The highest BCUT2D eigenvalue weighted by Crippen LogP contribution is 2.33. The van der Waals surface area contributed by atoms with E-state index in [1.807, 2.05) is 0 Å². The normalized spacial score (nSPS) is 24.3. The SMILES string of the molecule is O=C(O)C1CCO[C@H]1C1CCN(C(=O)COc2ccccc2F)CC1. The molecule has 136 valence electrons. The summed E-state index contributed by atoms with van der Waals surface area (Å²) in [7, 11) is 0. The first-order valence-electron chi connectivity index (χ1n) is 8.56. The minimum atomic E-state index is -0.806. The van der Waals surface area contributed by atoms with Gasteiger partial charge in [-0.2, -0.15) is 0 Å². The summed E-state index contributed by atoms with van der Waals surface area (Å²) < 4.78 is 24.4. The van der Waals surface area contributed by atoms with Crippen molar-refractivity contribution in [2.24, 2.45) is 11.8 Å². The van der Waals surface area contributed by atoms with Crippen molar-refractivity contribution in [1.29, 1.82) is 0 Å². The van der Waals surface area contributed by atoms with Gasteiger partial charge in [0.15, 0.2) is 18.2 Å². The van der Waals surface area contributed by atoms with E-state index in [4.69, 9.17) is 9.47 Å². The summed E-state index contributed by atoms with van der Waals surface area (Å²) in [6.45, 7) is 1.35. The van der Waals surface area contributed by atoms with Gasteiger partial charge in [-0.25, -0.2) is 4.39 Å². The Morgan fingerprint density at radius 3 is 2.64 bits per heavy atom. The summed E-state index contributed by atoms with van der Waals surface area (Å²) in [6.07, 6.45) is 1.71. The minimum absolute atomic E-state index is 0.0643. The number of halogens is 1. The van der Waals surface area contributed by atoms with Crippen LogP contribution in [0.4, 0.5) is 4.39 Å². The van der Waals surface area contributed by atoms with Crippen LogP contribution in [-0.2, 0) is 14.3 Å². The average molecular weight is 351 g/mol.